The molecule has 110 valence electrons. The number of anilines is 1. The number of nitrogens with zero attached hydrogens (tertiary/aromatic N) is 2. The number of allylic oxidation sites excluding steroid dienone is 4. The van der Waals surface area contributed by atoms with Crippen LogP contribution in [0.3, 0.4) is 0 Å². The quantitative estimate of drug-likeness (QED) is 0.837. The zero-order chi connectivity index (χ0) is 15.1. The molecule has 4 heteroatoms. The smallest absolute Gasteiger partial charge is 0.175 e. The number of ketones is 1. The first-order valence-corrected chi connectivity index (χ1v) is 7.89. The zero-order valence-electron chi connectivity index (χ0n) is 12.9. The summed E-state index contributed by atoms with van der Waals surface area (Å²) in [6.07, 6.45) is 3.56. The average Bonchev–Trinajstić information content (AvgIpc) is 2.44. The third-order valence-corrected chi connectivity index (χ3v) is 5.27. The van der Waals surface area contributed by atoms with Crippen molar-refractivity contribution in [3.05, 3.63) is 46.0 Å². The van der Waals surface area contributed by atoms with Gasteiger partial charge >= 0.3 is 0 Å². The van der Waals surface area contributed by atoms with Crippen molar-refractivity contribution in [3.63, 3.8) is 0 Å². The van der Waals surface area contributed by atoms with Crippen molar-refractivity contribution < 1.29 is 4.79 Å². The normalized spacial score (nSPS) is 17.1. The van der Waals surface area contributed by atoms with Crippen molar-refractivity contribution in [2.45, 2.75) is 17.7 Å². The van der Waals surface area contributed by atoms with Gasteiger partial charge in [0.15, 0.2) is 5.78 Å². The van der Waals surface area contributed by atoms with Crippen molar-refractivity contribution in [1.29, 1.82) is 0 Å². The molecular formula is C17H20N2OS. The molecule has 0 spiro atoms. The van der Waals surface area contributed by atoms with Gasteiger partial charge in [0.1, 0.15) is 0 Å². The molecule has 2 aliphatic rings. The van der Waals surface area contributed by atoms with E-state index in [4.69, 9.17) is 0 Å². The summed E-state index contributed by atoms with van der Waals surface area (Å²) in [6.45, 7) is 0. The van der Waals surface area contributed by atoms with Gasteiger partial charge in [-0.25, -0.2) is 0 Å². The van der Waals surface area contributed by atoms with E-state index >= 15 is 0 Å². The third kappa shape index (κ3) is 2.60. The fourth-order valence-corrected chi connectivity index (χ4v) is 3.75. The monoisotopic (exact) mass is 300 g/mol. The van der Waals surface area contributed by atoms with Crippen LogP contribution in [0.25, 0.3) is 0 Å². The van der Waals surface area contributed by atoms with Gasteiger partial charge in [0, 0.05) is 44.5 Å². The topological polar surface area (TPSA) is 23.6 Å². The molecule has 3 nitrogen and oxygen atoms in total. The Kier molecular flexibility index (Phi) is 3.57. The lowest BCUT2D eigenvalue weighted by atomic mass is 9.95. The minimum Gasteiger partial charge on any atom is -0.381 e. The number of fused-ring (bicyclic) bond motifs is 1. The molecule has 1 aromatic carbocycles. The molecule has 21 heavy (non-hydrogen) atoms. The Morgan fingerprint density at radius 2 is 1.81 bits per heavy atom. The van der Waals surface area contributed by atoms with Crippen LogP contribution in [0, 0.1) is 0 Å². The highest BCUT2D eigenvalue weighted by molar-refractivity contribution is 8.04. The lowest BCUT2D eigenvalue weighted by molar-refractivity contribution is -0.114. The number of benzene rings is 1. The maximum atomic E-state index is 12.4. The number of carbonyl (C=O) groups is 1. The number of rotatable bonds is 2. The summed E-state index contributed by atoms with van der Waals surface area (Å²) >= 11 is 1.63. The summed E-state index contributed by atoms with van der Waals surface area (Å²) in [7, 11) is 8.10. The maximum Gasteiger partial charge on any atom is 0.175 e. The van der Waals surface area contributed by atoms with Crippen LogP contribution in [-0.2, 0) is 11.2 Å². The zero-order valence-corrected chi connectivity index (χ0v) is 13.8. The van der Waals surface area contributed by atoms with Crippen molar-refractivity contribution >= 4 is 23.2 Å². The first-order valence-electron chi connectivity index (χ1n) is 7.08. The molecule has 0 fully saturated rings. The molecule has 3 rings (SSSR count). The molecule has 1 aliphatic heterocycles. The van der Waals surface area contributed by atoms with Gasteiger partial charge in [-0.3, -0.25) is 4.79 Å². The Bertz CT molecular complexity index is 671. The van der Waals surface area contributed by atoms with Gasteiger partial charge in [0.25, 0.3) is 0 Å². The number of Topliss-reactive ketones (excluding diaryl/α,β-unsaturated/α-hetero) is 1. The highest BCUT2D eigenvalue weighted by Crippen LogP contribution is 2.43. The van der Waals surface area contributed by atoms with Gasteiger partial charge < -0.3 is 9.80 Å². The average molecular weight is 300 g/mol. The van der Waals surface area contributed by atoms with Crippen LogP contribution >= 0.6 is 11.8 Å². The number of hydrogen-bond donors (Lipinski definition) is 0. The van der Waals surface area contributed by atoms with E-state index < -0.39 is 0 Å². The molecule has 0 amide bonds. The fourth-order valence-electron chi connectivity index (χ4n) is 2.68. The lowest BCUT2D eigenvalue weighted by Gasteiger charge is -2.28. The van der Waals surface area contributed by atoms with Gasteiger partial charge in [-0.05, 0) is 41.8 Å². The van der Waals surface area contributed by atoms with E-state index in [1.54, 1.807) is 11.8 Å². The Morgan fingerprint density at radius 1 is 1.05 bits per heavy atom. The summed E-state index contributed by atoms with van der Waals surface area (Å²) in [4.78, 5) is 18.7. The van der Waals surface area contributed by atoms with E-state index in [0.717, 1.165) is 17.0 Å². The predicted octanol–water partition coefficient (Wildman–Crippen LogP) is 3.07. The summed E-state index contributed by atoms with van der Waals surface area (Å²) in [5.41, 5.74) is 4.79. The Balaban J connectivity index is 1.99. The molecule has 1 aliphatic carbocycles. The second-order valence-electron chi connectivity index (χ2n) is 5.95. The minimum atomic E-state index is 0.253. The van der Waals surface area contributed by atoms with Gasteiger partial charge in [0.2, 0.25) is 0 Å². The fraction of sp³-hybridized carbons (Fsp3) is 0.353. The first-order chi connectivity index (χ1) is 9.95. The van der Waals surface area contributed by atoms with E-state index in [1.807, 2.05) is 19.0 Å². The third-order valence-electron chi connectivity index (χ3n) is 3.96. The second kappa shape index (κ2) is 5.26. The molecule has 0 bridgehead atoms. The molecule has 0 atom stereocenters. The van der Waals surface area contributed by atoms with Crippen LogP contribution in [0.5, 0.6) is 0 Å². The number of thioether (sulfide) groups is 1. The maximum absolute atomic E-state index is 12.4. The molecule has 0 saturated heterocycles. The van der Waals surface area contributed by atoms with Crippen LogP contribution in [0.4, 0.5) is 5.69 Å². The molecule has 0 N–H and O–H groups in total. The van der Waals surface area contributed by atoms with Crippen molar-refractivity contribution in [1.82, 2.24) is 4.90 Å². The van der Waals surface area contributed by atoms with E-state index in [0.29, 0.717) is 6.42 Å². The van der Waals surface area contributed by atoms with Gasteiger partial charge in [-0.1, -0.05) is 11.8 Å². The van der Waals surface area contributed by atoms with Crippen LogP contribution in [0.1, 0.15) is 12.0 Å². The summed E-state index contributed by atoms with van der Waals surface area (Å²) in [5.74, 6) is 0.253. The van der Waals surface area contributed by atoms with Gasteiger partial charge in [-0.15, -0.1) is 0 Å². The van der Waals surface area contributed by atoms with Crippen molar-refractivity contribution in [2.24, 2.45) is 0 Å². The standard InChI is InChI=1S/C17H20N2OS/c1-18(2)13-5-6-16-11(8-13)7-12-9-14(19(3)4)10-15(20)17(12)21-16/h5-6,8-9H,7,10H2,1-4H3. The van der Waals surface area contributed by atoms with Crippen molar-refractivity contribution in [2.75, 3.05) is 33.1 Å². The van der Waals surface area contributed by atoms with Crippen LogP contribution in [0.2, 0.25) is 0 Å². The van der Waals surface area contributed by atoms with Crippen molar-refractivity contribution in [3.8, 4) is 0 Å². The Hall–Kier alpha value is -1.68. The van der Waals surface area contributed by atoms with Gasteiger partial charge in [-0.2, -0.15) is 0 Å². The van der Waals surface area contributed by atoms with E-state index in [1.165, 1.54) is 21.7 Å². The van der Waals surface area contributed by atoms with Crippen LogP contribution in [-0.4, -0.2) is 38.9 Å². The van der Waals surface area contributed by atoms with Crippen LogP contribution in [0.15, 0.2) is 45.3 Å². The molecule has 0 aromatic heterocycles. The molecule has 1 aromatic rings. The van der Waals surface area contributed by atoms with E-state index in [9.17, 15) is 4.79 Å². The Morgan fingerprint density at radius 3 is 2.48 bits per heavy atom. The highest BCUT2D eigenvalue weighted by atomic mass is 32.2. The molecular weight excluding hydrogens is 280 g/mol. The molecule has 0 radical (unpaired) electrons. The van der Waals surface area contributed by atoms with E-state index in [2.05, 4.69) is 43.3 Å². The lowest BCUT2D eigenvalue weighted by Crippen LogP contribution is -2.21. The predicted molar refractivity (Wildman–Crippen MR) is 88.8 cm³/mol. The minimum absolute atomic E-state index is 0.253. The summed E-state index contributed by atoms with van der Waals surface area (Å²) < 4.78 is 0. The summed E-state index contributed by atoms with van der Waals surface area (Å²) in [5, 5.41) is 0. The summed E-state index contributed by atoms with van der Waals surface area (Å²) in [6, 6.07) is 6.48. The van der Waals surface area contributed by atoms with E-state index in [-0.39, 0.29) is 5.78 Å². The molecule has 0 unspecified atom stereocenters. The molecule has 0 saturated carbocycles. The first kappa shape index (κ1) is 14.3. The van der Waals surface area contributed by atoms with Crippen LogP contribution < -0.4 is 4.90 Å². The second-order valence-corrected chi connectivity index (χ2v) is 7.00. The number of carbonyl (C=O) groups excluding carboxylic acids is 1. The number of hydrogen-bond acceptors (Lipinski definition) is 4. The Labute approximate surface area is 130 Å². The molecule has 1 heterocycles. The van der Waals surface area contributed by atoms with Gasteiger partial charge in [0.05, 0.1) is 11.3 Å². The largest absolute Gasteiger partial charge is 0.381 e. The SMILES string of the molecule is CN(C)C1=CC2=C(Sc3ccc(N(C)C)cc3C2)C(=O)C1. The highest BCUT2D eigenvalue weighted by Gasteiger charge is 2.27.